The molecular weight excluding hydrogens is 468 g/mol. The van der Waals surface area contributed by atoms with Gasteiger partial charge in [-0.15, -0.1) is 0 Å². The topological polar surface area (TPSA) is 108 Å². The molecule has 0 aromatic heterocycles. The zero-order valence-corrected chi connectivity index (χ0v) is 22.0. The third kappa shape index (κ3) is 4.52. The molecule has 0 spiro atoms. The predicted octanol–water partition coefficient (Wildman–Crippen LogP) is 4.86. The maximum Gasteiger partial charge on any atom is 0.335 e. The van der Waals surface area contributed by atoms with E-state index in [1.165, 1.54) is 17.7 Å². The second-order valence-electron chi connectivity index (χ2n) is 12.0. The summed E-state index contributed by atoms with van der Waals surface area (Å²) in [6.45, 7) is 6.83. The summed E-state index contributed by atoms with van der Waals surface area (Å²) in [6, 6.07) is 6.38. The summed E-state index contributed by atoms with van der Waals surface area (Å²) in [5, 5.41) is 27.1. The van der Waals surface area contributed by atoms with Crippen LogP contribution in [0.4, 0.5) is 0 Å². The van der Waals surface area contributed by atoms with E-state index in [1.807, 2.05) is 13.0 Å². The quantitative estimate of drug-likeness (QED) is 0.478. The second kappa shape index (κ2) is 9.43. The Labute approximate surface area is 218 Å². The average Bonchev–Trinajstić information content (AvgIpc) is 3.11. The van der Waals surface area contributed by atoms with Gasteiger partial charge < -0.3 is 20.4 Å². The normalized spacial score (nSPS) is 37.2. The van der Waals surface area contributed by atoms with Crippen LogP contribution in [-0.4, -0.2) is 40.0 Å². The summed E-state index contributed by atoms with van der Waals surface area (Å²) in [5.74, 6) is 0.530. The number of amides is 1. The lowest BCUT2D eigenvalue weighted by atomic mass is 9.47. The minimum absolute atomic E-state index is 0.00523. The fourth-order valence-electron chi connectivity index (χ4n) is 7.69. The van der Waals surface area contributed by atoms with Crippen LogP contribution in [0, 0.1) is 28.6 Å². The standard InChI is InChI=1S/C30H38N2O5/c1-28-13-10-22(32-37-18-26(33)31-17-19-4-6-20(7-5-19)27(34)35)16-21(28)8-9-23-24(28)11-14-29(2)25(23)12-15-30(29,3)36/h4-7,10,13,16,23-25,36H,8-9,11-12,14-15,17-18H2,1-3H3,(H,31,33)(H,34,35)/b32-22-/t23-,24+,25+,28+,29+,30+/m1/s1. The molecule has 0 heterocycles. The molecular formula is C30H38N2O5. The average molecular weight is 507 g/mol. The molecule has 3 fully saturated rings. The Kier molecular flexibility index (Phi) is 6.55. The van der Waals surface area contributed by atoms with Gasteiger partial charge >= 0.3 is 5.97 Å². The fraction of sp³-hybridized carbons (Fsp3) is 0.567. The predicted molar refractivity (Wildman–Crippen MR) is 141 cm³/mol. The number of oxime groups is 1. The number of fused-ring (bicyclic) bond motifs is 5. The molecule has 0 saturated heterocycles. The van der Waals surface area contributed by atoms with E-state index in [4.69, 9.17) is 9.94 Å². The lowest BCUT2D eigenvalue weighted by Gasteiger charge is -2.58. The van der Waals surface area contributed by atoms with Crippen molar-refractivity contribution in [1.82, 2.24) is 5.32 Å². The molecule has 0 bridgehead atoms. The van der Waals surface area contributed by atoms with E-state index < -0.39 is 11.6 Å². The number of allylic oxidation sites excluding steroid dienone is 4. The van der Waals surface area contributed by atoms with Gasteiger partial charge in [0, 0.05) is 12.0 Å². The molecule has 5 rings (SSSR count). The number of benzene rings is 1. The number of nitrogens with zero attached hydrogens (tertiary/aromatic N) is 1. The van der Waals surface area contributed by atoms with Crippen molar-refractivity contribution >= 4 is 17.6 Å². The van der Waals surface area contributed by atoms with Crippen molar-refractivity contribution in [2.45, 2.75) is 71.4 Å². The third-order valence-corrected chi connectivity index (χ3v) is 10.2. The van der Waals surface area contributed by atoms with Crippen LogP contribution in [0.5, 0.6) is 0 Å². The van der Waals surface area contributed by atoms with Crippen molar-refractivity contribution in [3.8, 4) is 0 Å². The van der Waals surface area contributed by atoms with Gasteiger partial charge in [-0.05, 0) is 98.5 Å². The highest BCUT2D eigenvalue weighted by atomic mass is 16.6. The van der Waals surface area contributed by atoms with Crippen molar-refractivity contribution in [3.05, 3.63) is 59.2 Å². The van der Waals surface area contributed by atoms with Gasteiger partial charge in [0.05, 0.1) is 11.2 Å². The van der Waals surface area contributed by atoms with Gasteiger partial charge in [-0.1, -0.05) is 42.8 Å². The van der Waals surface area contributed by atoms with E-state index in [2.05, 4.69) is 36.5 Å². The van der Waals surface area contributed by atoms with E-state index in [9.17, 15) is 14.7 Å². The van der Waals surface area contributed by atoms with E-state index >= 15 is 0 Å². The van der Waals surface area contributed by atoms with E-state index in [-0.39, 0.29) is 28.9 Å². The number of hydrogen-bond donors (Lipinski definition) is 3. The van der Waals surface area contributed by atoms with Crippen molar-refractivity contribution in [1.29, 1.82) is 0 Å². The molecule has 1 aromatic rings. The first-order chi connectivity index (χ1) is 17.5. The Morgan fingerprint density at radius 1 is 1.08 bits per heavy atom. The van der Waals surface area contributed by atoms with Crippen LogP contribution in [0.2, 0.25) is 0 Å². The molecule has 198 valence electrons. The van der Waals surface area contributed by atoms with Gasteiger partial charge in [0.15, 0.2) is 6.61 Å². The third-order valence-electron chi connectivity index (χ3n) is 10.2. The summed E-state index contributed by atoms with van der Waals surface area (Å²) in [6.07, 6.45) is 12.9. The van der Waals surface area contributed by atoms with E-state index in [0.29, 0.717) is 24.3 Å². The molecule has 0 aliphatic heterocycles. The maximum absolute atomic E-state index is 12.2. The Morgan fingerprint density at radius 2 is 1.81 bits per heavy atom. The molecule has 0 unspecified atom stereocenters. The Balaban J connectivity index is 1.17. The number of hydrogen-bond acceptors (Lipinski definition) is 5. The van der Waals surface area contributed by atoms with Crippen LogP contribution in [-0.2, 0) is 16.2 Å². The monoisotopic (exact) mass is 506 g/mol. The smallest absolute Gasteiger partial charge is 0.335 e. The molecule has 3 saturated carbocycles. The number of aromatic carboxylic acids is 1. The van der Waals surface area contributed by atoms with Crippen LogP contribution in [0.15, 0.2) is 53.2 Å². The van der Waals surface area contributed by atoms with E-state index in [1.54, 1.807) is 12.1 Å². The first kappa shape index (κ1) is 25.7. The second-order valence-corrected chi connectivity index (χ2v) is 12.0. The maximum atomic E-state index is 12.2. The highest BCUT2D eigenvalue weighted by molar-refractivity contribution is 6.05. The molecule has 3 N–H and O–H groups in total. The molecule has 1 aromatic carbocycles. The fourth-order valence-corrected chi connectivity index (χ4v) is 7.69. The summed E-state index contributed by atoms with van der Waals surface area (Å²) in [4.78, 5) is 28.5. The van der Waals surface area contributed by atoms with Gasteiger partial charge in [-0.3, -0.25) is 4.79 Å². The molecule has 0 radical (unpaired) electrons. The largest absolute Gasteiger partial charge is 0.478 e. The number of carbonyl (C=O) groups is 2. The van der Waals surface area contributed by atoms with Crippen LogP contribution < -0.4 is 5.32 Å². The first-order valence-electron chi connectivity index (χ1n) is 13.4. The number of carboxylic acids is 1. The van der Waals surface area contributed by atoms with Gasteiger partial charge in [0.25, 0.3) is 5.91 Å². The van der Waals surface area contributed by atoms with Crippen molar-refractivity contribution in [2.75, 3.05) is 6.61 Å². The minimum atomic E-state index is -0.979. The summed E-state index contributed by atoms with van der Waals surface area (Å²) in [5.41, 5.74) is 2.61. The molecule has 7 nitrogen and oxygen atoms in total. The van der Waals surface area contributed by atoms with Crippen molar-refractivity contribution in [3.63, 3.8) is 0 Å². The van der Waals surface area contributed by atoms with Gasteiger partial charge in [-0.2, -0.15) is 0 Å². The lowest BCUT2D eigenvalue weighted by molar-refractivity contribution is -0.125. The summed E-state index contributed by atoms with van der Waals surface area (Å²) < 4.78 is 0. The van der Waals surface area contributed by atoms with Crippen LogP contribution >= 0.6 is 0 Å². The number of carbonyl (C=O) groups excluding carboxylic acids is 1. The molecule has 4 aliphatic rings. The van der Waals surface area contributed by atoms with Crippen LogP contribution in [0.1, 0.15) is 75.2 Å². The molecule has 6 atom stereocenters. The lowest BCUT2D eigenvalue weighted by Crippen LogP contribution is -2.53. The first-order valence-corrected chi connectivity index (χ1v) is 13.4. The number of aliphatic hydroxyl groups is 1. The number of carboxylic acid groups (broad SMARTS) is 1. The highest BCUT2D eigenvalue weighted by Crippen LogP contribution is 2.66. The summed E-state index contributed by atoms with van der Waals surface area (Å²) in [7, 11) is 0. The zero-order chi connectivity index (χ0) is 26.4. The van der Waals surface area contributed by atoms with Crippen molar-refractivity contribution < 1.29 is 24.6 Å². The zero-order valence-electron chi connectivity index (χ0n) is 22.0. The summed E-state index contributed by atoms with van der Waals surface area (Å²) >= 11 is 0. The van der Waals surface area contributed by atoms with Crippen LogP contribution in [0.25, 0.3) is 0 Å². The molecule has 4 aliphatic carbocycles. The van der Waals surface area contributed by atoms with E-state index in [0.717, 1.165) is 49.8 Å². The van der Waals surface area contributed by atoms with Gasteiger partial charge in [0.1, 0.15) is 5.71 Å². The van der Waals surface area contributed by atoms with Crippen molar-refractivity contribution in [2.24, 2.45) is 33.7 Å². The highest BCUT2D eigenvalue weighted by Gasteiger charge is 2.61. The molecule has 7 heteroatoms. The SMILES string of the molecule is C[C@]12C=C/C(=N/OCC(=O)NCc3ccc(C(=O)O)cc3)C=C1CC[C@@H]1[C@@H]2CC[C@@]2(C)[C@H]1CC[C@]2(C)O. The van der Waals surface area contributed by atoms with Gasteiger partial charge in [0.2, 0.25) is 0 Å². The Hall–Kier alpha value is -2.93. The van der Waals surface area contributed by atoms with Gasteiger partial charge in [-0.25, -0.2) is 4.79 Å². The minimum Gasteiger partial charge on any atom is -0.478 e. The number of nitrogens with one attached hydrogen (secondary N) is 1. The molecule has 37 heavy (non-hydrogen) atoms. The molecule has 1 amide bonds. The Morgan fingerprint density at radius 3 is 2.54 bits per heavy atom. The number of rotatable bonds is 6. The Bertz CT molecular complexity index is 1170. The van der Waals surface area contributed by atoms with Crippen LogP contribution in [0.3, 0.4) is 0 Å².